The van der Waals surface area contributed by atoms with Crippen molar-refractivity contribution in [2.24, 2.45) is 5.92 Å². The first-order chi connectivity index (χ1) is 6.16. The highest BCUT2D eigenvalue weighted by atomic mass is 79.9. The molecule has 2 unspecified atom stereocenters. The zero-order chi connectivity index (χ0) is 9.84. The molecule has 0 radical (unpaired) electrons. The Labute approximate surface area is 101 Å². The molecule has 74 valence electrons. The first-order valence-corrected chi connectivity index (χ1v) is 7.12. The minimum Gasteiger partial charge on any atom is -0.147 e. The van der Waals surface area contributed by atoms with E-state index >= 15 is 0 Å². The number of halogens is 2. The number of alkyl halides is 1. The molecule has 0 saturated carbocycles. The van der Waals surface area contributed by atoms with Crippen LogP contribution in [0.3, 0.4) is 0 Å². The van der Waals surface area contributed by atoms with E-state index in [0.29, 0.717) is 10.7 Å². The van der Waals surface area contributed by atoms with Crippen LogP contribution in [0.4, 0.5) is 0 Å². The van der Waals surface area contributed by atoms with Crippen molar-refractivity contribution in [2.45, 2.75) is 31.5 Å². The van der Waals surface area contributed by atoms with Crippen molar-refractivity contribution < 1.29 is 0 Å². The number of hydrogen-bond donors (Lipinski definition) is 0. The van der Waals surface area contributed by atoms with Gasteiger partial charge in [0, 0.05) is 9.35 Å². The van der Waals surface area contributed by atoms with Crippen LogP contribution in [0, 0.1) is 5.92 Å². The van der Waals surface area contributed by atoms with E-state index in [2.05, 4.69) is 57.2 Å². The van der Waals surface area contributed by atoms with E-state index in [0.717, 1.165) is 0 Å². The molecule has 0 bridgehead atoms. The summed E-state index contributed by atoms with van der Waals surface area (Å²) in [5.41, 5.74) is 0. The maximum atomic E-state index is 3.76. The quantitative estimate of drug-likeness (QED) is 0.652. The fourth-order valence-corrected chi connectivity index (χ4v) is 4.23. The third-order valence-corrected chi connectivity index (χ3v) is 5.76. The van der Waals surface area contributed by atoms with Crippen LogP contribution in [-0.2, 0) is 0 Å². The normalized spacial score (nSPS) is 15.7. The lowest BCUT2D eigenvalue weighted by molar-refractivity contribution is 0.522. The summed E-state index contributed by atoms with van der Waals surface area (Å²) in [6.45, 7) is 4.54. The average molecular weight is 326 g/mol. The van der Waals surface area contributed by atoms with E-state index in [1.54, 1.807) is 0 Å². The Morgan fingerprint density at radius 2 is 2.23 bits per heavy atom. The molecule has 13 heavy (non-hydrogen) atoms. The second-order valence-electron chi connectivity index (χ2n) is 3.30. The number of rotatable bonds is 4. The Morgan fingerprint density at radius 3 is 2.69 bits per heavy atom. The molecule has 0 aliphatic carbocycles. The van der Waals surface area contributed by atoms with Crippen molar-refractivity contribution in [3.05, 3.63) is 20.8 Å². The third kappa shape index (κ3) is 3.07. The largest absolute Gasteiger partial charge is 0.147 e. The standard InChI is InChI=1S/C10H14Br2S/c1-3-4-7(2)9(12)10-8(11)5-6-13-10/h5-7,9H,3-4H2,1-2H3. The van der Waals surface area contributed by atoms with Crippen molar-refractivity contribution in [1.82, 2.24) is 0 Å². The summed E-state index contributed by atoms with van der Waals surface area (Å²) in [7, 11) is 0. The van der Waals surface area contributed by atoms with Crippen LogP contribution in [-0.4, -0.2) is 0 Å². The number of thiophene rings is 1. The second-order valence-corrected chi connectivity index (χ2v) is 6.09. The van der Waals surface area contributed by atoms with Gasteiger partial charge in [-0.25, -0.2) is 0 Å². The zero-order valence-electron chi connectivity index (χ0n) is 7.89. The second kappa shape index (κ2) is 5.52. The van der Waals surface area contributed by atoms with Gasteiger partial charge in [0.15, 0.2) is 0 Å². The van der Waals surface area contributed by atoms with Crippen molar-refractivity contribution in [2.75, 3.05) is 0 Å². The maximum absolute atomic E-state index is 3.76. The first-order valence-electron chi connectivity index (χ1n) is 4.53. The highest BCUT2D eigenvalue weighted by Crippen LogP contribution is 2.40. The predicted molar refractivity (Wildman–Crippen MR) is 67.8 cm³/mol. The lowest BCUT2D eigenvalue weighted by atomic mass is 10.0. The highest BCUT2D eigenvalue weighted by Gasteiger charge is 2.18. The molecular weight excluding hydrogens is 312 g/mol. The van der Waals surface area contributed by atoms with Gasteiger partial charge < -0.3 is 0 Å². The van der Waals surface area contributed by atoms with Crippen molar-refractivity contribution in [3.63, 3.8) is 0 Å². The number of hydrogen-bond acceptors (Lipinski definition) is 1. The van der Waals surface area contributed by atoms with Gasteiger partial charge in [-0.05, 0) is 39.7 Å². The van der Waals surface area contributed by atoms with Gasteiger partial charge in [0.2, 0.25) is 0 Å². The molecule has 0 aromatic carbocycles. The van der Waals surface area contributed by atoms with Crippen LogP contribution >= 0.6 is 43.2 Å². The van der Waals surface area contributed by atoms with Gasteiger partial charge >= 0.3 is 0 Å². The lowest BCUT2D eigenvalue weighted by Crippen LogP contribution is -2.01. The van der Waals surface area contributed by atoms with E-state index < -0.39 is 0 Å². The van der Waals surface area contributed by atoms with E-state index in [-0.39, 0.29) is 0 Å². The molecule has 1 heterocycles. The minimum absolute atomic E-state index is 0.502. The van der Waals surface area contributed by atoms with Crippen LogP contribution in [0.15, 0.2) is 15.9 Å². The van der Waals surface area contributed by atoms with Crippen molar-refractivity contribution in [3.8, 4) is 0 Å². The average Bonchev–Trinajstić information content (AvgIpc) is 2.50. The minimum atomic E-state index is 0.502. The lowest BCUT2D eigenvalue weighted by Gasteiger charge is -2.16. The molecular formula is C10H14Br2S. The summed E-state index contributed by atoms with van der Waals surface area (Å²) in [5, 5.41) is 2.13. The van der Waals surface area contributed by atoms with Gasteiger partial charge in [-0.15, -0.1) is 11.3 Å². The molecule has 1 rings (SSSR count). The van der Waals surface area contributed by atoms with Gasteiger partial charge in [0.25, 0.3) is 0 Å². The van der Waals surface area contributed by atoms with Crippen molar-refractivity contribution in [1.29, 1.82) is 0 Å². The Kier molecular flexibility index (Phi) is 4.98. The maximum Gasteiger partial charge on any atom is 0.0526 e. The summed E-state index contributed by atoms with van der Waals surface area (Å²) in [6, 6.07) is 2.12. The molecule has 2 atom stereocenters. The zero-order valence-corrected chi connectivity index (χ0v) is 11.9. The summed E-state index contributed by atoms with van der Waals surface area (Å²) in [6.07, 6.45) is 2.53. The van der Waals surface area contributed by atoms with Crippen LogP contribution < -0.4 is 0 Å². The summed E-state index contributed by atoms with van der Waals surface area (Å²) >= 11 is 9.15. The molecule has 1 aromatic heterocycles. The van der Waals surface area contributed by atoms with E-state index in [9.17, 15) is 0 Å². The molecule has 0 saturated heterocycles. The van der Waals surface area contributed by atoms with Gasteiger partial charge in [0.05, 0.1) is 4.83 Å². The SMILES string of the molecule is CCCC(C)C(Br)c1sccc1Br. The Morgan fingerprint density at radius 1 is 1.54 bits per heavy atom. The van der Waals surface area contributed by atoms with Crippen LogP contribution in [0.5, 0.6) is 0 Å². The van der Waals surface area contributed by atoms with Gasteiger partial charge in [-0.3, -0.25) is 0 Å². The Balaban J connectivity index is 2.67. The monoisotopic (exact) mass is 324 g/mol. The van der Waals surface area contributed by atoms with E-state index in [4.69, 9.17) is 0 Å². The molecule has 3 heteroatoms. The van der Waals surface area contributed by atoms with E-state index in [1.165, 1.54) is 22.2 Å². The van der Waals surface area contributed by atoms with Gasteiger partial charge in [-0.2, -0.15) is 0 Å². The Hall–Kier alpha value is 0.660. The van der Waals surface area contributed by atoms with Crippen molar-refractivity contribution >= 4 is 43.2 Å². The van der Waals surface area contributed by atoms with E-state index in [1.807, 2.05) is 11.3 Å². The fourth-order valence-electron chi connectivity index (χ4n) is 1.36. The molecule has 0 fully saturated rings. The smallest absolute Gasteiger partial charge is 0.0526 e. The summed E-state index contributed by atoms with van der Waals surface area (Å²) in [4.78, 5) is 1.92. The molecule has 0 N–H and O–H groups in total. The highest BCUT2D eigenvalue weighted by molar-refractivity contribution is 9.11. The van der Waals surface area contributed by atoms with Crippen LogP contribution in [0.1, 0.15) is 36.4 Å². The van der Waals surface area contributed by atoms with Gasteiger partial charge in [0.1, 0.15) is 0 Å². The topological polar surface area (TPSA) is 0 Å². The molecule has 1 aromatic rings. The molecule has 0 aliphatic rings. The molecule has 0 amide bonds. The third-order valence-electron chi connectivity index (χ3n) is 2.14. The van der Waals surface area contributed by atoms with Crippen LogP contribution in [0.25, 0.3) is 0 Å². The van der Waals surface area contributed by atoms with Gasteiger partial charge in [-0.1, -0.05) is 36.2 Å². The fraction of sp³-hybridized carbons (Fsp3) is 0.600. The van der Waals surface area contributed by atoms with Crippen LogP contribution in [0.2, 0.25) is 0 Å². The summed E-state index contributed by atoms with van der Waals surface area (Å²) < 4.78 is 1.24. The molecule has 0 aliphatic heterocycles. The molecule has 0 nitrogen and oxygen atoms in total. The predicted octanol–water partition coefficient (Wildman–Crippen LogP) is 5.38. The molecule has 0 spiro atoms. The first kappa shape index (κ1) is 11.7. The summed E-state index contributed by atoms with van der Waals surface area (Å²) in [5.74, 6) is 0.708. The Bertz CT molecular complexity index is 257.